The number of amides is 5. The lowest BCUT2D eigenvalue weighted by atomic mass is 10.1. The standard InChI is InChI=1S/C22H28N4O10S/c27-16(3-1-10-25-19(30)5-6-20(25)31)13-24(14-17(28)4-2-12-37(34,35)36)15-18(29)23-9-11-26-21(32)7-8-22(26)33/h5-8H,1-4,9-15H2,(H,23,29)(H,34,35,36). The molecule has 0 aliphatic carbocycles. The van der Waals surface area contributed by atoms with Gasteiger partial charge < -0.3 is 5.32 Å². The molecule has 0 saturated carbocycles. The zero-order valence-corrected chi connectivity index (χ0v) is 20.8. The first-order valence-electron chi connectivity index (χ1n) is 11.4. The van der Waals surface area contributed by atoms with Gasteiger partial charge in [-0.1, -0.05) is 0 Å². The number of carbonyl (C=O) groups excluding carboxylic acids is 7. The summed E-state index contributed by atoms with van der Waals surface area (Å²) in [5.74, 6) is -3.95. The summed E-state index contributed by atoms with van der Waals surface area (Å²) >= 11 is 0. The van der Waals surface area contributed by atoms with Crippen molar-refractivity contribution in [1.29, 1.82) is 0 Å². The first-order chi connectivity index (χ1) is 17.4. The fraction of sp³-hybridized carbons (Fsp3) is 0.500. The highest BCUT2D eigenvalue weighted by atomic mass is 32.2. The Morgan fingerprint density at radius 1 is 0.757 bits per heavy atom. The number of rotatable bonds is 17. The van der Waals surface area contributed by atoms with Gasteiger partial charge in [0, 0.05) is 56.8 Å². The topological polar surface area (TPSA) is 196 Å². The van der Waals surface area contributed by atoms with Gasteiger partial charge in [-0.25, -0.2) is 0 Å². The number of nitrogens with zero attached hydrogens (tertiary/aromatic N) is 3. The SMILES string of the molecule is O=C(CCCN1C(=O)C=CC1=O)CN(CC(=O)CCCS(=O)(=O)O)CC(=O)NCCN1C(=O)C=CC1=O. The van der Waals surface area contributed by atoms with Gasteiger partial charge in [0.05, 0.1) is 25.4 Å². The maximum atomic E-state index is 12.5. The van der Waals surface area contributed by atoms with E-state index in [0.29, 0.717) is 0 Å². The van der Waals surface area contributed by atoms with Gasteiger partial charge in [-0.2, -0.15) is 8.42 Å². The van der Waals surface area contributed by atoms with Gasteiger partial charge in [0.15, 0.2) is 0 Å². The highest BCUT2D eigenvalue weighted by molar-refractivity contribution is 7.85. The zero-order chi connectivity index (χ0) is 27.6. The highest BCUT2D eigenvalue weighted by Crippen LogP contribution is 2.07. The number of hydrogen-bond donors (Lipinski definition) is 2. The maximum Gasteiger partial charge on any atom is 0.264 e. The molecule has 14 nitrogen and oxygen atoms in total. The van der Waals surface area contributed by atoms with Crippen LogP contribution >= 0.6 is 0 Å². The Balaban J connectivity index is 1.85. The van der Waals surface area contributed by atoms with Gasteiger partial charge in [-0.15, -0.1) is 0 Å². The van der Waals surface area contributed by atoms with Crippen LogP contribution in [0.25, 0.3) is 0 Å². The van der Waals surface area contributed by atoms with Crippen molar-refractivity contribution in [1.82, 2.24) is 20.0 Å². The van der Waals surface area contributed by atoms with E-state index in [1.807, 2.05) is 0 Å². The molecule has 0 saturated heterocycles. The van der Waals surface area contributed by atoms with E-state index >= 15 is 0 Å². The Kier molecular flexibility index (Phi) is 11.0. The normalized spacial score (nSPS) is 15.4. The van der Waals surface area contributed by atoms with Crippen LogP contribution in [0.3, 0.4) is 0 Å². The molecule has 2 rings (SSSR count). The number of imide groups is 2. The van der Waals surface area contributed by atoms with Crippen LogP contribution in [-0.4, -0.2) is 114 Å². The molecular weight excluding hydrogens is 512 g/mol. The van der Waals surface area contributed by atoms with E-state index in [-0.39, 0.29) is 70.7 Å². The number of Topliss-reactive ketones (excluding diaryl/α,β-unsaturated/α-hetero) is 2. The van der Waals surface area contributed by atoms with Crippen LogP contribution in [0, 0.1) is 0 Å². The van der Waals surface area contributed by atoms with E-state index < -0.39 is 51.2 Å². The molecule has 0 bridgehead atoms. The molecule has 5 amide bonds. The molecule has 0 aromatic rings. The number of nitrogens with one attached hydrogen (secondary N) is 1. The van der Waals surface area contributed by atoms with E-state index in [0.717, 1.165) is 34.1 Å². The lowest BCUT2D eigenvalue weighted by Gasteiger charge is -2.21. The highest BCUT2D eigenvalue weighted by Gasteiger charge is 2.25. The van der Waals surface area contributed by atoms with Crippen molar-refractivity contribution in [2.45, 2.75) is 25.7 Å². The zero-order valence-electron chi connectivity index (χ0n) is 20.0. The van der Waals surface area contributed by atoms with Crippen LogP contribution in [0.4, 0.5) is 0 Å². The summed E-state index contributed by atoms with van der Waals surface area (Å²) in [7, 11) is -4.23. The lowest BCUT2D eigenvalue weighted by Crippen LogP contribution is -2.44. The number of hydrogen-bond acceptors (Lipinski definition) is 10. The second kappa shape index (κ2) is 13.7. The molecule has 15 heteroatoms. The third-order valence-corrected chi connectivity index (χ3v) is 6.13. The largest absolute Gasteiger partial charge is 0.353 e. The van der Waals surface area contributed by atoms with Crippen molar-refractivity contribution in [2.75, 3.05) is 45.0 Å². The minimum atomic E-state index is -4.23. The summed E-state index contributed by atoms with van der Waals surface area (Å²) in [6.07, 6.45) is 4.29. The van der Waals surface area contributed by atoms with Crippen molar-refractivity contribution in [2.24, 2.45) is 0 Å². The Morgan fingerprint density at radius 2 is 1.22 bits per heavy atom. The summed E-state index contributed by atoms with van der Waals surface area (Å²) in [5.41, 5.74) is 0. The molecular formula is C22H28N4O10S. The number of ketones is 2. The van der Waals surface area contributed by atoms with Gasteiger partial charge >= 0.3 is 0 Å². The summed E-state index contributed by atoms with van der Waals surface area (Å²) in [4.78, 5) is 86.6. The first-order valence-corrected chi connectivity index (χ1v) is 13.0. The quantitative estimate of drug-likeness (QED) is 0.151. The smallest absolute Gasteiger partial charge is 0.264 e. The lowest BCUT2D eigenvalue weighted by molar-refractivity contribution is -0.138. The van der Waals surface area contributed by atoms with Gasteiger partial charge in [-0.3, -0.25) is 52.8 Å². The fourth-order valence-corrected chi connectivity index (χ4v) is 4.09. The van der Waals surface area contributed by atoms with Crippen LogP contribution in [-0.2, 0) is 43.7 Å². The van der Waals surface area contributed by atoms with Crippen LogP contribution in [0.5, 0.6) is 0 Å². The van der Waals surface area contributed by atoms with Crippen molar-refractivity contribution < 1.29 is 46.5 Å². The second-order valence-electron chi connectivity index (χ2n) is 8.39. The molecule has 0 spiro atoms. The van der Waals surface area contributed by atoms with Crippen molar-refractivity contribution >= 4 is 51.2 Å². The van der Waals surface area contributed by atoms with Gasteiger partial charge in [0.1, 0.15) is 11.6 Å². The second-order valence-corrected chi connectivity index (χ2v) is 9.96. The van der Waals surface area contributed by atoms with E-state index in [1.165, 1.54) is 4.90 Å². The molecule has 0 atom stereocenters. The minimum absolute atomic E-state index is 0.0295. The van der Waals surface area contributed by atoms with Crippen LogP contribution in [0.1, 0.15) is 25.7 Å². The van der Waals surface area contributed by atoms with E-state index in [2.05, 4.69) is 5.32 Å². The molecule has 0 radical (unpaired) electrons. The number of carbonyl (C=O) groups is 7. The van der Waals surface area contributed by atoms with Gasteiger partial charge in [0.25, 0.3) is 33.7 Å². The predicted molar refractivity (Wildman–Crippen MR) is 126 cm³/mol. The van der Waals surface area contributed by atoms with Crippen molar-refractivity contribution in [3.8, 4) is 0 Å². The molecule has 0 fully saturated rings. The Labute approximate surface area is 213 Å². The molecule has 0 unspecified atom stereocenters. The average molecular weight is 541 g/mol. The van der Waals surface area contributed by atoms with E-state index in [4.69, 9.17) is 4.55 Å². The Bertz CT molecular complexity index is 1030. The van der Waals surface area contributed by atoms with Gasteiger partial charge in [0.2, 0.25) is 5.91 Å². The minimum Gasteiger partial charge on any atom is -0.353 e. The van der Waals surface area contributed by atoms with Crippen LogP contribution < -0.4 is 5.32 Å². The van der Waals surface area contributed by atoms with E-state index in [1.54, 1.807) is 0 Å². The maximum absolute atomic E-state index is 12.5. The predicted octanol–water partition coefficient (Wildman–Crippen LogP) is -2.16. The van der Waals surface area contributed by atoms with Crippen molar-refractivity contribution in [3.63, 3.8) is 0 Å². The Hall–Kier alpha value is -3.56. The summed E-state index contributed by atoms with van der Waals surface area (Å²) in [6.45, 7) is -1.09. The summed E-state index contributed by atoms with van der Waals surface area (Å²) < 4.78 is 30.5. The average Bonchev–Trinajstić information content (AvgIpc) is 3.28. The van der Waals surface area contributed by atoms with Gasteiger partial charge in [-0.05, 0) is 12.8 Å². The monoisotopic (exact) mass is 540 g/mol. The first kappa shape index (κ1) is 29.7. The molecule has 37 heavy (non-hydrogen) atoms. The fourth-order valence-electron chi connectivity index (χ4n) is 3.58. The molecule has 2 aliphatic rings. The molecule has 2 aliphatic heterocycles. The van der Waals surface area contributed by atoms with E-state index in [9.17, 15) is 42.0 Å². The molecule has 0 aromatic carbocycles. The molecule has 0 aromatic heterocycles. The third-order valence-electron chi connectivity index (χ3n) is 5.32. The molecule has 2 N–H and O–H groups in total. The summed E-state index contributed by atoms with van der Waals surface area (Å²) in [5, 5.41) is 2.50. The Morgan fingerprint density at radius 3 is 1.70 bits per heavy atom. The third kappa shape index (κ3) is 10.5. The van der Waals surface area contributed by atoms with Crippen molar-refractivity contribution in [3.05, 3.63) is 24.3 Å². The van der Waals surface area contributed by atoms with Crippen LogP contribution in [0.2, 0.25) is 0 Å². The molecule has 2 heterocycles. The van der Waals surface area contributed by atoms with Crippen LogP contribution in [0.15, 0.2) is 24.3 Å². The summed E-state index contributed by atoms with van der Waals surface area (Å²) in [6, 6.07) is 0. The molecule has 202 valence electrons.